The van der Waals surface area contributed by atoms with Crippen LogP contribution in [0.25, 0.3) is 16.7 Å². The van der Waals surface area contributed by atoms with Crippen LogP contribution in [0.3, 0.4) is 0 Å². The van der Waals surface area contributed by atoms with Crippen LogP contribution in [0.5, 0.6) is 11.5 Å². The molecule has 0 amide bonds. The summed E-state index contributed by atoms with van der Waals surface area (Å²) in [6.45, 7) is 32.6. The van der Waals surface area contributed by atoms with Crippen LogP contribution in [-0.2, 0) is 36.5 Å². The van der Waals surface area contributed by atoms with Gasteiger partial charge in [0.1, 0.15) is 36.1 Å². The lowest BCUT2D eigenvalue weighted by Gasteiger charge is -2.40. The van der Waals surface area contributed by atoms with Crippen LogP contribution < -0.4 is 29.5 Å². The first-order chi connectivity index (χ1) is 31.2. The summed E-state index contributed by atoms with van der Waals surface area (Å²) in [5, 5.41) is 2.74. The molecule has 10 rings (SSSR count). The summed E-state index contributed by atoms with van der Waals surface area (Å²) in [5.41, 5.74) is 19.3. The summed E-state index contributed by atoms with van der Waals surface area (Å²) < 4.78 is 16.7. The van der Waals surface area contributed by atoms with Crippen molar-refractivity contribution in [3.05, 3.63) is 145 Å². The van der Waals surface area contributed by atoms with Gasteiger partial charge in [-0.1, -0.05) is 126 Å². The molecule has 0 unspecified atom stereocenters. The molecule has 3 aromatic rings. The fraction of sp³-hybridized carbons (Fsp3) is 0.500. The van der Waals surface area contributed by atoms with Gasteiger partial charge < -0.3 is 14.4 Å². The lowest BCUT2D eigenvalue weighted by Crippen LogP contribution is -2.45. The second-order valence-corrected chi connectivity index (χ2v) is 24.7. The maximum atomic E-state index is 7.02. The zero-order valence-electron chi connectivity index (χ0n) is 42.7. The Labute approximate surface area is 397 Å². The van der Waals surface area contributed by atoms with E-state index in [1.165, 1.54) is 114 Å². The van der Waals surface area contributed by atoms with E-state index in [2.05, 4.69) is 159 Å². The highest BCUT2D eigenvalue weighted by Crippen LogP contribution is 2.50. The van der Waals surface area contributed by atoms with E-state index in [9.17, 15) is 0 Å². The van der Waals surface area contributed by atoms with Gasteiger partial charge in [-0.2, -0.15) is 0 Å². The smallest absolute Gasteiger partial charge is 0.210 e. The van der Waals surface area contributed by atoms with Crippen molar-refractivity contribution in [2.24, 2.45) is 10.8 Å². The minimum Gasteiger partial charge on any atom is -0.460 e. The molecule has 0 bridgehead atoms. The van der Waals surface area contributed by atoms with Gasteiger partial charge in [0.2, 0.25) is 5.36 Å². The van der Waals surface area contributed by atoms with Crippen molar-refractivity contribution in [1.82, 2.24) is 4.58 Å². The molecule has 0 fully saturated rings. The summed E-state index contributed by atoms with van der Waals surface area (Å²) in [7, 11) is 0. The van der Waals surface area contributed by atoms with Crippen LogP contribution in [-0.4, -0.2) is 26.2 Å². The van der Waals surface area contributed by atoms with E-state index in [1.807, 2.05) is 0 Å². The Bertz CT molecular complexity index is 2820. The highest BCUT2D eigenvalue weighted by Gasteiger charge is 2.35. The lowest BCUT2D eigenvalue weighted by molar-refractivity contribution is 0.286. The molecule has 346 valence electrons. The Hall–Kier alpha value is -4.83. The van der Waals surface area contributed by atoms with E-state index < -0.39 is 0 Å². The molecular formula is C62H77N2O2+. The quantitative estimate of drug-likeness (QED) is 0.244. The third-order valence-electron chi connectivity index (χ3n) is 15.5. The number of rotatable bonds is 4. The first-order valence-electron chi connectivity index (χ1n) is 25.8. The van der Waals surface area contributed by atoms with E-state index in [0.29, 0.717) is 0 Å². The average Bonchev–Trinajstić information content (AvgIpc) is 3.26. The molecule has 4 nitrogen and oxygen atoms in total. The topological polar surface area (TPSA) is 24.7 Å². The van der Waals surface area contributed by atoms with Crippen molar-refractivity contribution in [3.8, 4) is 11.5 Å². The molecule has 0 N–H and O–H groups in total. The van der Waals surface area contributed by atoms with Crippen LogP contribution in [0.4, 0.5) is 5.69 Å². The Balaban J connectivity index is 1.19. The number of ether oxygens (including phenoxy) is 2. The molecule has 4 heteroatoms. The molecule has 66 heavy (non-hydrogen) atoms. The standard InChI is InChI=1S/C62H77N2O2/c1-59(2,3)46-32-45(33-47(38-46)60(4,5)6)54-39(24-26-41-36-52(61(7,8)9)65-57-48-22-16-30-63-28-14-20-43(55(48)63)34-50(41)57)18-13-19-40(54)25-27-42-37-53(62(10,11)12)66-58-49-23-17-31-64-29-15-21-44(56(49)64)35-51(42)58/h24-27,32-38H,13-23,28-31H2,1-12H3/q+1. The van der Waals surface area contributed by atoms with Crippen molar-refractivity contribution in [1.29, 1.82) is 0 Å². The third kappa shape index (κ3) is 8.32. The molecule has 0 saturated carbocycles. The lowest BCUT2D eigenvalue weighted by atomic mass is 9.76. The molecule has 0 saturated heterocycles. The van der Waals surface area contributed by atoms with Crippen molar-refractivity contribution < 1.29 is 9.47 Å². The van der Waals surface area contributed by atoms with Crippen LogP contribution in [0.2, 0.25) is 0 Å². The van der Waals surface area contributed by atoms with Crippen LogP contribution in [0.1, 0.15) is 173 Å². The van der Waals surface area contributed by atoms with E-state index in [-0.39, 0.29) is 21.7 Å². The number of nitrogens with zero attached hydrogens (tertiary/aromatic N) is 2. The molecule has 0 atom stereocenters. The van der Waals surface area contributed by atoms with E-state index in [1.54, 1.807) is 0 Å². The van der Waals surface area contributed by atoms with Crippen molar-refractivity contribution >= 4 is 22.4 Å². The Kier molecular flexibility index (Phi) is 11.2. The second kappa shape index (κ2) is 16.4. The van der Waals surface area contributed by atoms with Crippen molar-refractivity contribution in [2.75, 3.05) is 31.1 Å². The van der Waals surface area contributed by atoms with Crippen LogP contribution >= 0.6 is 0 Å². The number of hydrogen-bond donors (Lipinski definition) is 0. The predicted octanol–water partition coefficient (Wildman–Crippen LogP) is 13.4. The third-order valence-corrected chi connectivity index (χ3v) is 15.5. The summed E-state index contributed by atoms with van der Waals surface area (Å²) in [4.78, 5) is 2.64. The largest absolute Gasteiger partial charge is 0.460 e. The Morgan fingerprint density at radius 3 is 1.89 bits per heavy atom. The number of fused-ring (bicyclic) bond motifs is 4. The van der Waals surface area contributed by atoms with Gasteiger partial charge in [0.15, 0.2) is 0 Å². The fourth-order valence-corrected chi connectivity index (χ4v) is 11.7. The van der Waals surface area contributed by atoms with Gasteiger partial charge in [-0.05, 0) is 143 Å². The van der Waals surface area contributed by atoms with E-state index in [0.717, 1.165) is 94.1 Å². The summed E-state index contributed by atoms with van der Waals surface area (Å²) in [6.07, 6.45) is 27.1. The first kappa shape index (κ1) is 45.0. The zero-order chi connectivity index (χ0) is 46.5. The molecule has 6 heterocycles. The van der Waals surface area contributed by atoms with Gasteiger partial charge in [-0.25, -0.2) is 4.58 Å². The summed E-state index contributed by atoms with van der Waals surface area (Å²) in [6, 6.07) is 12.5. The molecule has 0 radical (unpaired) electrons. The maximum absolute atomic E-state index is 7.02. The molecular weight excluding hydrogens is 805 g/mol. The molecule has 1 aliphatic carbocycles. The van der Waals surface area contributed by atoms with E-state index in [4.69, 9.17) is 9.47 Å². The van der Waals surface area contributed by atoms with Gasteiger partial charge in [0.05, 0.1) is 5.56 Å². The Morgan fingerprint density at radius 2 is 1.20 bits per heavy atom. The second-order valence-electron chi connectivity index (χ2n) is 24.7. The summed E-state index contributed by atoms with van der Waals surface area (Å²) in [5.74, 6) is 4.32. The number of hydrogen-bond acceptors (Lipinski definition) is 3. The van der Waals surface area contributed by atoms with E-state index >= 15 is 0 Å². The summed E-state index contributed by atoms with van der Waals surface area (Å²) >= 11 is 0. The predicted molar refractivity (Wildman–Crippen MR) is 278 cm³/mol. The van der Waals surface area contributed by atoms with Gasteiger partial charge >= 0.3 is 0 Å². The minimum atomic E-state index is -0.121. The van der Waals surface area contributed by atoms with Crippen LogP contribution in [0, 0.1) is 10.8 Å². The van der Waals surface area contributed by atoms with Gasteiger partial charge in [-0.3, -0.25) is 0 Å². The maximum Gasteiger partial charge on any atom is 0.210 e. The normalized spacial score (nSPS) is 21.0. The first-order valence-corrected chi connectivity index (χ1v) is 25.8. The number of allylic oxidation sites excluding steroid dienone is 12. The highest BCUT2D eigenvalue weighted by atomic mass is 16.5. The number of aryl methyl sites for hydroxylation is 2. The van der Waals surface area contributed by atoms with Gasteiger partial charge in [0, 0.05) is 64.4 Å². The SMILES string of the molecule is CC(C)(C)C1=C/C(=C\C=C2/CCCC(/C=C/C3=c4cc5c6c(c4OC(C(C)(C)C)=C3)CCC[N+]=6CCC5)=C2c2cc(C(C)(C)C)cc(C(C)(C)C)c2)c2cc3c4c(c2O1)CCCN4CCC3. The number of benzene rings is 3. The molecule has 6 aliphatic heterocycles. The van der Waals surface area contributed by atoms with Crippen molar-refractivity contribution in [3.63, 3.8) is 0 Å². The monoisotopic (exact) mass is 882 g/mol. The Morgan fingerprint density at radius 1 is 0.561 bits per heavy atom. The molecule has 0 aromatic heterocycles. The van der Waals surface area contributed by atoms with Gasteiger partial charge in [-0.15, -0.1) is 0 Å². The zero-order valence-corrected chi connectivity index (χ0v) is 42.7. The molecule has 3 aromatic carbocycles. The average molecular weight is 882 g/mol. The fourth-order valence-electron chi connectivity index (χ4n) is 11.7. The van der Waals surface area contributed by atoms with Crippen molar-refractivity contribution in [2.45, 2.75) is 165 Å². The van der Waals surface area contributed by atoms with Crippen LogP contribution in [0.15, 0.2) is 89.5 Å². The highest BCUT2D eigenvalue weighted by molar-refractivity contribution is 5.89. The number of anilines is 1. The molecule has 0 spiro atoms. The minimum absolute atomic E-state index is 0.00682. The molecule has 7 aliphatic rings. The van der Waals surface area contributed by atoms with Gasteiger partial charge in [0.25, 0.3) is 0 Å².